The Morgan fingerprint density at radius 2 is 1.94 bits per heavy atom. The van der Waals surface area contributed by atoms with Gasteiger partial charge in [0.2, 0.25) is 0 Å². The van der Waals surface area contributed by atoms with Crippen molar-refractivity contribution in [2.45, 2.75) is 36.0 Å². The molecule has 1 aliphatic rings. The Hall–Kier alpha value is -0.670. The molecular weight excluding hydrogens is 218 g/mol. The third kappa shape index (κ3) is 2.53. The molecule has 1 fully saturated rings. The number of ether oxygens (including phenoxy) is 1. The van der Waals surface area contributed by atoms with Gasteiger partial charge in [0.1, 0.15) is 5.75 Å². The van der Waals surface area contributed by atoms with Crippen LogP contribution in [0.5, 0.6) is 5.75 Å². The van der Waals surface area contributed by atoms with E-state index in [1.54, 1.807) is 7.11 Å². The zero-order valence-electron chi connectivity index (χ0n) is 9.85. The van der Waals surface area contributed by atoms with Crippen LogP contribution in [0.15, 0.2) is 29.2 Å². The second kappa shape index (κ2) is 5.11. The van der Waals surface area contributed by atoms with Crippen molar-refractivity contribution >= 4 is 11.8 Å². The zero-order valence-corrected chi connectivity index (χ0v) is 10.7. The van der Waals surface area contributed by atoms with Gasteiger partial charge in [-0.1, -0.05) is 6.92 Å². The molecule has 1 aliphatic carbocycles. The highest BCUT2D eigenvalue weighted by molar-refractivity contribution is 8.00. The number of thioether (sulfide) groups is 1. The summed E-state index contributed by atoms with van der Waals surface area (Å²) in [5.41, 5.74) is 6.03. The largest absolute Gasteiger partial charge is 0.497 e. The maximum Gasteiger partial charge on any atom is 0.118 e. The summed E-state index contributed by atoms with van der Waals surface area (Å²) in [4.78, 5) is 1.31. The number of hydrogen-bond donors (Lipinski definition) is 1. The summed E-state index contributed by atoms with van der Waals surface area (Å²) in [6, 6.07) is 8.67. The minimum atomic E-state index is 0.385. The van der Waals surface area contributed by atoms with Crippen molar-refractivity contribution in [1.82, 2.24) is 0 Å². The van der Waals surface area contributed by atoms with E-state index in [-0.39, 0.29) is 0 Å². The lowest BCUT2D eigenvalue weighted by Crippen LogP contribution is -2.25. The molecule has 0 radical (unpaired) electrons. The van der Waals surface area contributed by atoms with Crippen molar-refractivity contribution < 1.29 is 4.74 Å². The van der Waals surface area contributed by atoms with Crippen LogP contribution in [0.1, 0.15) is 19.8 Å². The van der Waals surface area contributed by atoms with Crippen LogP contribution in [0.2, 0.25) is 0 Å². The van der Waals surface area contributed by atoms with Crippen LogP contribution in [0.4, 0.5) is 0 Å². The van der Waals surface area contributed by atoms with E-state index in [1.165, 1.54) is 11.3 Å². The van der Waals surface area contributed by atoms with E-state index in [4.69, 9.17) is 10.5 Å². The van der Waals surface area contributed by atoms with Crippen LogP contribution >= 0.6 is 11.8 Å². The molecule has 2 nitrogen and oxygen atoms in total. The van der Waals surface area contributed by atoms with Crippen molar-refractivity contribution in [1.29, 1.82) is 0 Å². The summed E-state index contributed by atoms with van der Waals surface area (Å²) in [5, 5.41) is 0.670. The Morgan fingerprint density at radius 3 is 2.44 bits per heavy atom. The molecule has 0 spiro atoms. The highest BCUT2D eigenvalue weighted by Crippen LogP contribution is 2.38. The van der Waals surface area contributed by atoms with Crippen molar-refractivity contribution in [3.05, 3.63) is 24.3 Å². The smallest absolute Gasteiger partial charge is 0.118 e. The number of hydrogen-bond acceptors (Lipinski definition) is 3. The fourth-order valence-corrected chi connectivity index (χ4v) is 3.47. The first kappa shape index (κ1) is 11.8. The number of nitrogens with two attached hydrogens (primary N) is 1. The van der Waals surface area contributed by atoms with Crippen molar-refractivity contribution in [2.75, 3.05) is 7.11 Å². The average Bonchev–Trinajstić information content (AvgIpc) is 2.62. The maximum absolute atomic E-state index is 6.03. The van der Waals surface area contributed by atoms with E-state index >= 15 is 0 Å². The van der Waals surface area contributed by atoms with Gasteiger partial charge in [-0.2, -0.15) is 0 Å². The monoisotopic (exact) mass is 237 g/mol. The van der Waals surface area contributed by atoms with Crippen LogP contribution in [-0.2, 0) is 0 Å². The Labute approximate surface area is 102 Å². The molecule has 0 bridgehead atoms. The molecule has 1 aromatic carbocycles. The molecule has 2 rings (SSSR count). The highest BCUT2D eigenvalue weighted by Gasteiger charge is 2.30. The minimum absolute atomic E-state index is 0.385. The Balaban J connectivity index is 1.98. The molecule has 0 heterocycles. The molecular formula is C13H19NOS. The lowest BCUT2D eigenvalue weighted by molar-refractivity contribution is 0.414. The first-order valence-electron chi connectivity index (χ1n) is 5.77. The molecule has 1 aromatic rings. The van der Waals surface area contributed by atoms with E-state index in [9.17, 15) is 0 Å². The SMILES string of the molecule is COc1ccc(SC2CCC(N)C2C)cc1. The molecule has 0 amide bonds. The molecule has 88 valence electrons. The van der Waals surface area contributed by atoms with E-state index in [1.807, 2.05) is 23.9 Å². The average molecular weight is 237 g/mol. The first-order valence-corrected chi connectivity index (χ1v) is 6.65. The summed E-state index contributed by atoms with van der Waals surface area (Å²) in [6.45, 7) is 2.26. The van der Waals surface area contributed by atoms with Gasteiger partial charge in [-0.3, -0.25) is 0 Å². The summed E-state index contributed by atoms with van der Waals surface area (Å²) in [7, 11) is 1.69. The minimum Gasteiger partial charge on any atom is -0.497 e. The Bertz CT molecular complexity index is 338. The van der Waals surface area contributed by atoms with E-state index < -0.39 is 0 Å². The third-order valence-corrected chi connectivity index (χ3v) is 4.91. The van der Waals surface area contributed by atoms with Crippen LogP contribution in [0, 0.1) is 5.92 Å². The molecule has 0 aliphatic heterocycles. The lowest BCUT2D eigenvalue weighted by Gasteiger charge is -2.17. The van der Waals surface area contributed by atoms with Crippen molar-refractivity contribution in [2.24, 2.45) is 11.7 Å². The van der Waals surface area contributed by atoms with Gasteiger partial charge in [-0.25, -0.2) is 0 Å². The Kier molecular flexibility index (Phi) is 3.77. The molecule has 3 unspecified atom stereocenters. The second-order valence-corrected chi connectivity index (χ2v) is 5.74. The van der Waals surface area contributed by atoms with Gasteiger partial charge >= 0.3 is 0 Å². The van der Waals surface area contributed by atoms with Crippen molar-refractivity contribution in [3.8, 4) is 5.75 Å². The molecule has 2 N–H and O–H groups in total. The first-order chi connectivity index (χ1) is 7.70. The van der Waals surface area contributed by atoms with Gasteiger partial charge in [0.05, 0.1) is 7.11 Å². The molecule has 0 saturated heterocycles. The fraction of sp³-hybridized carbons (Fsp3) is 0.538. The van der Waals surface area contributed by atoms with Crippen molar-refractivity contribution in [3.63, 3.8) is 0 Å². The van der Waals surface area contributed by atoms with Gasteiger partial charge in [0.15, 0.2) is 0 Å². The lowest BCUT2D eigenvalue weighted by atomic mass is 10.1. The van der Waals surface area contributed by atoms with Crippen LogP contribution < -0.4 is 10.5 Å². The fourth-order valence-electron chi connectivity index (χ4n) is 2.15. The Morgan fingerprint density at radius 1 is 1.25 bits per heavy atom. The van der Waals surface area contributed by atoms with Gasteiger partial charge in [-0.05, 0) is 43.0 Å². The zero-order chi connectivity index (χ0) is 11.5. The van der Waals surface area contributed by atoms with Gasteiger partial charge in [0.25, 0.3) is 0 Å². The third-order valence-electron chi connectivity index (χ3n) is 3.39. The standard InChI is InChI=1S/C13H19NOS/c1-9-12(14)7-8-13(9)16-11-5-3-10(15-2)4-6-11/h3-6,9,12-13H,7-8,14H2,1-2H3. The normalized spacial score (nSPS) is 29.3. The molecule has 3 atom stereocenters. The van der Waals surface area contributed by atoms with Gasteiger partial charge in [0, 0.05) is 16.2 Å². The number of benzene rings is 1. The van der Waals surface area contributed by atoms with Gasteiger partial charge in [-0.15, -0.1) is 11.8 Å². The summed E-state index contributed by atoms with van der Waals surface area (Å²) in [6.07, 6.45) is 2.40. The van der Waals surface area contributed by atoms with Gasteiger partial charge < -0.3 is 10.5 Å². The molecule has 3 heteroatoms. The quantitative estimate of drug-likeness (QED) is 0.878. The predicted molar refractivity (Wildman–Crippen MR) is 69.0 cm³/mol. The van der Waals surface area contributed by atoms with E-state index in [0.29, 0.717) is 17.2 Å². The molecule has 1 saturated carbocycles. The summed E-state index contributed by atoms with van der Waals surface area (Å²) >= 11 is 1.95. The highest BCUT2D eigenvalue weighted by atomic mass is 32.2. The molecule has 16 heavy (non-hydrogen) atoms. The second-order valence-electron chi connectivity index (χ2n) is 4.43. The number of rotatable bonds is 3. The van der Waals surface area contributed by atoms with E-state index in [2.05, 4.69) is 19.1 Å². The van der Waals surface area contributed by atoms with Crippen LogP contribution in [0.3, 0.4) is 0 Å². The van der Waals surface area contributed by atoms with Crippen LogP contribution in [0.25, 0.3) is 0 Å². The predicted octanol–water partition coefficient (Wildman–Crippen LogP) is 2.91. The number of methoxy groups -OCH3 is 1. The topological polar surface area (TPSA) is 35.2 Å². The van der Waals surface area contributed by atoms with Crippen LogP contribution in [-0.4, -0.2) is 18.4 Å². The summed E-state index contributed by atoms with van der Waals surface area (Å²) in [5.74, 6) is 1.53. The summed E-state index contributed by atoms with van der Waals surface area (Å²) < 4.78 is 5.15. The van der Waals surface area contributed by atoms with E-state index in [0.717, 1.165) is 12.2 Å². The molecule has 0 aromatic heterocycles. The maximum atomic E-state index is 6.03.